The van der Waals surface area contributed by atoms with Crippen molar-refractivity contribution in [1.82, 2.24) is 4.98 Å². The van der Waals surface area contributed by atoms with Crippen molar-refractivity contribution < 1.29 is 33.6 Å². The molecule has 0 aromatic carbocycles. The molecule has 4 rings (SSSR count). The summed E-state index contributed by atoms with van der Waals surface area (Å²) in [4.78, 5) is 16.3. The topological polar surface area (TPSA) is 96.3 Å². The second-order valence-electron chi connectivity index (χ2n) is 7.67. The van der Waals surface area contributed by atoms with Gasteiger partial charge in [0, 0.05) is 18.0 Å². The van der Waals surface area contributed by atoms with Gasteiger partial charge in [0.25, 0.3) is 0 Å². The van der Waals surface area contributed by atoms with Crippen molar-refractivity contribution in [3.63, 3.8) is 0 Å². The summed E-state index contributed by atoms with van der Waals surface area (Å²) in [6.07, 6.45) is -2.60. The third kappa shape index (κ3) is 3.33. The van der Waals surface area contributed by atoms with E-state index in [0.29, 0.717) is 5.01 Å². The van der Waals surface area contributed by atoms with E-state index in [1.807, 2.05) is 0 Å². The molecule has 0 radical (unpaired) electrons. The summed E-state index contributed by atoms with van der Waals surface area (Å²) in [7, 11) is 0. The molecule has 0 aliphatic carbocycles. The fourth-order valence-electron chi connectivity index (χ4n) is 3.71. The average molecular weight is 385 g/mol. The number of rotatable bonds is 4. The smallest absolute Gasteiger partial charge is 0.194 e. The molecule has 26 heavy (non-hydrogen) atoms. The van der Waals surface area contributed by atoms with Crippen molar-refractivity contribution in [2.24, 2.45) is 0 Å². The Morgan fingerprint density at radius 1 is 1.15 bits per heavy atom. The van der Waals surface area contributed by atoms with Gasteiger partial charge >= 0.3 is 0 Å². The predicted octanol–water partition coefficient (Wildman–Crippen LogP) is 1.47. The molecular formula is C17H23NO7S. The van der Waals surface area contributed by atoms with Crippen LogP contribution in [0.2, 0.25) is 0 Å². The van der Waals surface area contributed by atoms with Crippen LogP contribution in [-0.2, 0) is 23.7 Å². The standard InChI is InChI=1S/C17H23NO7S/c1-16(2)22-11-10(8(19)7-9(20)14-18-5-6-26-14)21-15-13(12(11)23-16)24-17(3,4)25-15/h5-6,8,10-13,15,19H,7H2,1-4H3/t8-,10-,11+,12+,13-,15-/m1/s1. The molecule has 0 saturated carbocycles. The van der Waals surface area contributed by atoms with Crippen LogP contribution in [0.3, 0.4) is 0 Å². The first kappa shape index (κ1) is 18.4. The van der Waals surface area contributed by atoms with E-state index >= 15 is 0 Å². The highest BCUT2D eigenvalue weighted by atomic mass is 32.1. The van der Waals surface area contributed by atoms with E-state index in [2.05, 4.69) is 4.98 Å². The van der Waals surface area contributed by atoms with Crippen molar-refractivity contribution in [2.75, 3.05) is 0 Å². The molecule has 1 aromatic rings. The minimum Gasteiger partial charge on any atom is -0.390 e. The van der Waals surface area contributed by atoms with Crippen LogP contribution >= 0.6 is 11.3 Å². The monoisotopic (exact) mass is 385 g/mol. The lowest BCUT2D eigenvalue weighted by molar-refractivity contribution is -0.252. The lowest BCUT2D eigenvalue weighted by atomic mass is 9.93. The summed E-state index contributed by atoms with van der Waals surface area (Å²) in [6, 6.07) is 0. The molecule has 144 valence electrons. The second-order valence-corrected chi connectivity index (χ2v) is 8.56. The molecule has 0 unspecified atom stereocenters. The zero-order valence-corrected chi connectivity index (χ0v) is 15.9. The van der Waals surface area contributed by atoms with Gasteiger partial charge in [0.15, 0.2) is 28.7 Å². The first-order chi connectivity index (χ1) is 12.2. The molecule has 8 nitrogen and oxygen atoms in total. The van der Waals surface area contributed by atoms with Crippen LogP contribution in [0.25, 0.3) is 0 Å². The molecule has 0 bridgehead atoms. The summed E-state index contributed by atoms with van der Waals surface area (Å²) in [5.74, 6) is -1.91. The van der Waals surface area contributed by atoms with E-state index in [-0.39, 0.29) is 12.2 Å². The third-order valence-electron chi connectivity index (χ3n) is 4.64. The fraction of sp³-hybridized carbons (Fsp3) is 0.765. The molecular weight excluding hydrogens is 362 g/mol. The number of Topliss-reactive ketones (excluding diaryl/α,β-unsaturated/α-hetero) is 1. The highest BCUT2D eigenvalue weighted by Gasteiger charge is 2.61. The van der Waals surface area contributed by atoms with E-state index in [1.54, 1.807) is 39.3 Å². The maximum absolute atomic E-state index is 12.3. The summed E-state index contributed by atoms with van der Waals surface area (Å²) in [6.45, 7) is 7.18. The molecule has 0 spiro atoms. The quantitative estimate of drug-likeness (QED) is 0.779. The van der Waals surface area contributed by atoms with Crippen LogP contribution in [0, 0.1) is 0 Å². The maximum Gasteiger partial charge on any atom is 0.194 e. The van der Waals surface area contributed by atoms with E-state index < -0.39 is 48.4 Å². The van der Waals surface area contributed by atoms with Crippen molar-refractivity contribution in [3.8, 4) is 0 Å². The van der Waals surface area contributed by atoms with E-state index in [1.165, 1.54) is 11.3 Å². The number of aromatic nitrogens is 1. The van der Waals surface area contributed by atoms with Crippen LogP contribution in [-0.4, -0.2) is 64.3 Å². The molecule has 9 heteroatoms. The Morgan fingerprint density at radius 2 is 1.81 bits per heavy atom. The Morgan fingerprint density at radius 3 is 2.50 bits per heavy atom. The Labute approximate surface area is 155 Å². The molecule has 1 aromatic heterocycles. The normalized spacial score (nSPS) is 38.6. The average Bonchev–Trinajstić information content (AvgIpc) is 3.21. The summed E-state index contributed by atoms with van der Waals surface area (Å²) in [5, 5.41) is 12.8. The van der Waals surface area contributed by atoms with E-state index in [0.717, 1.165) is 0 Å². The SMILES string of the molecule is CC1(C)O[C@@H]2[C@H](O1)[C@H]1OC(C)(C)O[C@H]1O[C@@H]2[C@H](O)CC(=O)c1nccs1. The lowest BCUT2D eigenvalue weighted by Crippen LogP contribution is -2.58. The number of hydrogen-bond acceptors (Lipinski definition) is 9. The molecule has 4 heterocycles. The van der Waals surface area contributed by atoms with Crippen LogP contribution in [0.5, 0.6) is 0 Å². The number of aliphatic hydroxyl groups excluding tert-OH is 1. The third-order valence-corrected chi connectivity index (χ3v) is 5.45. The molecule has 0 amide bonds. The lowest BCUT2D eigenvalue weighted by Gasteiger charge is -2.39. The minimum absolute atomic E-state index is 0.118. The predicted molar refractivity (Wildman–Crippen MR) is 89.6 cm³/mol. The van der Waals surface area contributed by atoms with Gasteiger partial charge in [-0.1, -0.05) is 0 Å². The molecule has 6 atom stereocenters. The number of nitrogens with zero attached hydrogens (tertiary/aromatic N) is 1. The number of fused-ring (bicyclic) bond motifs is 3. The highest BCUT2D eigenvalue weighted by molar-refractivity contribution is 7.11. The van der Waals surface area contributed by atoms with Gasteiger partial charge in [0.2, 0.25) is 0 Å². The van der Waals surface area contributed by atoms with Crippen molar-refractivity contribution in [1.29, 1.82) is 0 Å². The van der Waals surface area contributed by atoms with Gasteiger partial charge in [-0.15, -0.1) is 11.3 Å². The summed E-state index contributed by atoms with van der Waals surface area (Å²) < 4.78 is 29.7. The molecule has 1 N–H and O–H groups in total. The van der Waals surface area contributed by atoms with Crippen LogP contribution in [0.15, 0.2) is 11.6 Å². The summed E-state index contributed by atoms with van der Waals surface area (Å²) in [5.41, 5.74) is 0. The van der Waals surface area contributed by atoms with Gasteiger partial charge in [-0.05, 0) is 27.7 Å². The van der Waals surface area contributed by atoms with Gasteiger partial charge < -0.3 is 28.8 Å². The van der Waals surface area contributed by atoms with Gasteiger partial charge in [0.1, 0.15) is 24.4 Å². The number of aliphatic hydroxyl groups is 1. The number of hydrogen-bond donors (Lipinski definition) is 1. The zero-order valence-electron chi connectivity index (χ0n) is 15.1. The van der Waals surface area contributed by atoms with E-state index in [4.69, 9.17) is 23.7 Å². The summed E-state index contributed by atoms with van der Waals surface area (Å²) >= 11 is 1.24. The van der Waals surface area contributed by atoms with Gasteiger partial charge in [-0.2, -0.15) is 0 Å². The molecule has 3 aliphatic rings. The van der Waals surface area contributed by atoms with Crippen molar-refractivity contribution in [2.45, 2.75) is 82.5 Å². The maximum atomic E-state index is 12.3. The Bertz CT molecular complexity index is 677. The van der Waals surface area contributed by atoms with Gasteiger partial charge in [-0.25, -0.2) is 4.98 Å². The highest BCUT2D eigenvalue weighted by Crippen LogP contribution is 2.45. The van der Waals surface area contributed by atoms with Crippen LogP contribution < -0.4 is 0 Å². The Hall–Kier alpha value is -0.940. The minimum atomic E-state index is -1.08. The molecule has 3 fully saturated rings. The number of ketones is 1. The second kappa shape index (κ2) is 6.30. The fourth-order valence-corrected chi connectivity index (χ4v) is 4.29. The Kier molecular flexibility index (Phi) is 4.47. The zero-order chi connectivity index (χ0) is 18.7. The molecule has 3 aliphatic heterocycles. The number of carbonyl (C=O) groups excluding carboxylic acids is 1. The van der Waals surface area contributed by atoms with Crippen LogP contribution in [0.4, 0.5) is 0 Å². The van der Waals surface area contributed by atoms with Gasteiger partial charge in [-0.3, -0.25) is 4.79 Å². The number of thiazole rings is 1. The first-order valence-corrected chi connectivity index (χ1v) is 9.51. The van der Waals surface area contributed by atoms with Crippen molar-refractivity contribution >= 4 is 17.1 Å². The largest absolute Gasteiger partial charge is 0.390 e. The van der Waals surface area contributed by atoms with Crippen molar-refractivity contribution in [3.05, 3.63) is 16.6 Å². The van der Waals surface area contributed by atoms with Gasteiger partial charge in [0.05, 0.1) is 6.10 Å². The van der Waals surface area contributed by atoms with Crippen LogP contribution in [0.1, 0.15) is 43.9 Å². The Balaban J connectivity index is 1.54. The number of carbonyl (C=O) groups is 1. The van der Waals surface area contributed by atoms with E-state index in [9.17, 15) is 9.90 Å². The number of ether oxygens (including phenoxy) is 5. The molecule has 3 saturated heterocycles. The first-order valence-electron chi connectivity index (χ1n) is 8.63.